The van der Waals surface area contributed by atoms with E-state index in [1.807, 2.05) is 12.1 Å². The maximum Gasteiger partial charge on any atom is 0.258 e. The third-order valence-electron chi connectivity index (χ3n) is 4.62. The number of amides is 1. The van der Waals surface area contributed by atoms with Gasteiger partial charge in [0, 0.05) is 31.7 Å². The second-order valence-corrected chi connectivity index (χ2v) is 6.85. The first-order chi connectivity index (χ1) is 13.6. The van der Waals surface area contributed by atoms with Crippen LogP contribution in [0.25, 0.3) is 0 Å². The molecule has 6 heteroatoms. The highest BCUT2D eigenvalue weighted by Gasteiger charge is 2.11. The minimum absolute atomic E-state index is 0.000133. The molecule has 1 N–H and O–H groups in total. The Labute approximate surface area is 165 Å². The molecule has 0 aromatic heterocycles. The van der Waals surface area contributed by atoms with Gasteiger partial charge >= 0.3 is 0 Å². The molecule has 2 aromatic rings. The van der Waals surface area contributed by atoms with Crippen molar-refractivity contribution in [2.75, 3.05) is 32.9 Å². The number of ether oxygens (including phenoxy) is 2. The van der Waals surface area contributed by atoms with E-state index in [-0.39, 0.29) is 18.3 Å². The summed E-state index contributed by atoms with van der Waals surface area (Å²) in [6, 6.07) is 15.0. The van der Waals surface area contributed by atoms with Crippen molar-refractivity contribution < 1.29 is 19.1 Å². The molecule has 0 spiro atoms. The molecule has 1 heterocycles. The van der Waals surface area contributed by atoms with Gasteiger partial charge in [-0.2, -0.15) is 0 Å². The van der Waals surface area contributed by atoms with Crippen LogP contribution in [0.4, 0.5) is 0 Å². The van der Waals surface area contributed by atoms with Crippen molar-refractivity contribution >= 4 is 11.7 Å². The fraction of sp³-hybridized carbons (Fsp3) is 0.364. The van der Waals surface area contributed by atoms with Gasteiger partial charge in [-0.3, -0.25) is 14.5 Å². The lowest BCUT2D eigenvalue weighted by molar-refractivity contribution is -0.123. The monoisotopic (exact) mass is 382 g/mol. The predicted octanol–water partition coefficient (Wildman–Crippen LogP) is 2.42. The summed E-state index contributed by atoms with van der Waals surface area (Å²) in [4.78, 5) is 25.7. The van der Waals surface area contributed by atoms with Crippen LogP contribution in [-0.2, 0) is 22.6 Å². The van der Waals surface area contributed by atoms with Crippen molar-refractivity contribution in [3.8, 4) is 5.75 Å². The van der Waals surface area contributed by atoms with Crippen molar-refractivity contribution in [3.63, 3.8) is 0 Å². The molecule has 0 radical (unpaired) electrons. The number of nitrogens with zero attached hydrogens (tertiary/aromatic N) is 1. The number of ketones is 1. The fourth-order valence-corrected chi connectivity index (χ4v) is 3.04. The first-order valence-corrected chi connectivity index (χ1v) is 9.48. The third-order valence-corrected chi connectivity index (χ3v) is 4.62. The van der Waals surface area contributed by atoms with Crippen LogP contribution in [0, 0.1) is 0 Å². The van der Waals surface area contributed by atoms with Crippen LogP contribution in [0.15, 0.2) is 48.5 Å². The highest BCUT2D eigenvalue weighted by molar-refractivity contribution is 5.94. The lowest BCUT2D eigenvalue weighted by Gasteiger charge is -2.26. The molecule has 2 aromatic carbocycles. The van der Waals surface area contributed by atoms with E-state index in [0.717, 1.165) is 38.4 Å². The summed E-state index contributed by atoms with van der Waals surface area (Å²) in [7, 11) is 0. The van der Waals surface area contributed by atoms with E-state index < -0.39 is 0 Å². The topological polar surface area (TPSA) is 67.9 Å². The van der Waals surface area contributed by atoms with Crippen LogP contribution in [0.5, 0.6) is 5.75 Å². The van der Waals surface area contributed by atoms with Crippen LogP contribution in [0.2, 0.25) is 0 Å². The lowest BCUT2D eigenvalue weighted by Crippen LogP contribution is -2.35. The average Bonchev–Trinajstić information content (AvgIpc) is 2.72. The normalized spacial score (nSPS) is 14.5. The van der Waals surface area contributed by atoms with Crippen molar-refractivity contribution in [3.05, 3.63) is 65.2 Å². The Morgan fingerprint density at radius 2 is 1.79 bits per heavy atom. The maximum atomic E-state index is 12.1. The molecule has 1 amide bonds. The van der Waals surface area contributed by atoms with Crippen molar-refractivity contribution in [2.24, 2.45) is 0 Å². The third kappa shape index (κ3) is 6.18. The first-order valence-electron chi connectivity index (χ1n) is 9.48. The minimum atomic E-state index is -0.186. The van der Waals surface area contributed by atoms with E-state index in [4.69, 9.17) is 9.47 Å². The highest BCUT2D eigenvalue weighted by Crippen LogP contribution is 2.13. The van der Waals surface area contributed by atoms with Gasteiger partial charge in [0.05, 0.1) is 13.2 Å². The van der Waals surface area contributed by atoms with E-state index >= 15 is 0 Å². The van der Waals surface area contributed by atoms with Gasteiger partial charge in [0.15, 0.2) is 12.4 Å². The Balaban J connectivity index is 1.43. The second-order valence-electron chi connectivity index (χ2n) is 6.85. The second kappa shape index (κ2) is 10.0. The summed E-state index contributed by atoms with van der Waals surface area (Å²) in [6.07, 6.45) is 0. The summed E-state index contributed by atoms with van der Waals surface area (Å²) in [5, 5.41) is 2.88. The summed E-state index contributed by atoms with van der Waals surface area (Å²) in [5.41, 5.74) is 2.91. The zero-order valence-corrected chi connectivity index (χ0v) is 16.1. The van der Waals surface area contributed by atoms with Crippen molar-refractivity contribution in [1.82, 2.24) is 10.2 Å². The SMILES string of the molecule is CC(=O)c1ccc(OCC(=O)NCc2cccc(CN3CCOCC3)c2)cc1. The van der Waals surface area contributed by atoms with Gasteiger partial charge in [0.25, 0.3) is 5.91 Å². The molecule has 1 fully saturated rings. The summed E-state index contributed by atoms with van der Waals surface area (Å²) < 4.78 is 10.9. The number of hydrogen-bond donors (Lipinski definition) is 1. The van der Waals surface area contributed by atoms with Gasteiger partial charge in [-0.05, 0) is 42.3 Å². The number of carbonyl (C=O) groups is 2. The lowest BCUT2D eigenvalue weighted by atomic mass is 10.1. The van der Waals surface area contributed by atoms with Gasteiger partial charge in [0.1, 0.15) is 5.75 Å². The fourth-order valence-electron chi connectivity index (χ4n) is 3.04. The Kier molecular flexibility index (Phi) is 7.17. The van der Waals surface area contributed by atoms with Crippen LogP contribution in [0.1, 0.15) is 28.4 Å². The number of Topliss-reactive ketones (excluding diaryl/α,β-unsaturated/α-hetero) is 1. The van der Waals surface area contributed by atoms with E-state index in [0.29, 0.717) is 17.9 Å². The Hall–Kier alpha value is -2.70. The van der Waals surface area contributed by atoms with E-state index in [2.05, 4.69) is 22.3 Å². The summed E-state index contributed by atoms with van der Waals surface area (Å²) in [6.45, 7) is 6.27. The molecule has 0 bridgehead atoms. The van der Waals surface area contributed by atoms with Crippen molar-refractivity contribution in [2.45, 2.75) is 20.0 Å². The molecule has 28 heavy (non-hydrogen) atoms. The molecule has 1 aliphatic heterocycles. The van der Waals surface area contributed by atoms with E-state index in [1.54, 1.807) is 24.3 Å². The van der Waals surface area contributed by atoms with E-state index in [1.165, 1.54) is 12.5 Å². The molecule has 6 nitrogen and oxygen atoms in total. The molecule has 0 atom stereocenters. The Morgan fingerprint density at radius 1 is 1.07 bits per heavy atom. The zero-order valence-electron chi connectivity index (χ0n) is 16.1. The standard InChI is InChI=1S/C22H26N2O4/c1-17(25)20-5-7-21(8-6-20)28-16-22(26)23-14-18-3-2-4-19(13-18)15-24-9-11-27-12-10-24/h2-8,13H,9-12,14-16H2,1H3,(H,23,26). The molecule has 0 aliphatic carbocycles. The molecule has 1 aliphatic rings. The first kappa shape index (κ1) is 20.0. The van der Waals surface area contributed by atoms with Gasteiger partial charge < -0.3 is 14.8 Å². The van der Waals surface area contributed by atoms with Crippen LogP contribution < -0.4 is 10.1 Å². The summed E-state index contributed by atoms with van der Waals surface area (Å²) in [5.74, 6) is 0.377. The van der Waals surface area contributed by atoms with Gasteiger partial charge in [-0.25, -0.2) is 0 Å². The largest absolute Gasteiger partial charge is 0.484 e. The molecular weight excluding hydrogens is 356 g/mol. The van der Waals surface area contributed by atoms with Gasteiger partial charge in [-0.15, -0.1) is 0 Å². The minimum Gasteiger partial charge on any atom is -0.484 e. The number of benzene rings is 2. The number of morpholine rings is 1. The number of rotatable bonds is 8. The van der Waals surface area contributed by atoms with Crippen LogP contribution in [0.3, 0.4) is 0 Å². The Bertz CT molecular complexity index is 798. The van der Waals surface area contributed by atoms with Gasteiger partial charge in [-0.1, -0.05) is 24.3 Å². The smallest absolute Gasteiger partial charge is 0.258 e. The maximum absolute atomic E-state index is 12.1. The van der Waals surface area contributed by atoms with Crippen LogP contribution in [-0.4, -0.2) is 49.5 Å². The molecule has 0 saturated carbocycles. The summed E-state index contributed by atoms with van der Waals surface area (Å²) >= 11 is 0. The molecule has 3 rings (SSSR count). The van der Waals surface area contributed by atoms with Crippen molar-refractivity contribution in [1.29, 1.82) is 0 Å². The predicted molar refractivity (Wildman–Crippen MR) is 106 cm³/mol. The Morgan fingerprint density at radius 3 is 2.50 bits per heavy atom. The van der Waals surface area contributed by atoms with Crippen LogP contribution >= 0.6 is 0 Å². The average molecular weight is 382 g/mol. The molecule has 1 saturated heterocycles. The molecular formula is C22H26N2O4. The zero-order chi connectivity index (χ0) is 19.8. The van der Waals surface area contributed by atoms with Gasteiger partial charge in [0.2, 0.25) is 0 Å². The van der Waals surface area contributed by atoms with E-state index in [9.17, 15) is 9.59 Å². The molecule has 0 unspecified atom stereocenters. The molecule has 148 valence electrons. The number of nitrogens with one attached hydrogen (secondary N) is 1. The highest BCUT2D eigenvalue weighted by atomic mass is 16.5. The number of hydrogen-bond acceptors (Lipinski definition) is 5. The quantitative estimate of drug-likeness (QED) is 0.710. The number of carbonyl (C=O) groups excluding carboxylic acids is 2.